The summed E-state index contributed by atoms with van der Waals surface area (Å²) in [6, 6.07) is 3.40. The number of hydrogen-bond donors (Lipinski definition) is 1. The third kappa shape index (κ3) is 3.82. The van der Waals surface area contributed by atoms with Crippen molar-refractivity contribution < 1.29 is 0 Å². The van der Waals surface area contributed by atoms with Crippen molar-refractivity contribution in [1.82, 2.24) is 5.32 Å². The van der Waals surface area contributed by atoms with E-state index in [0.29, 0.717) is 12.1 Å². The molecule has 1 nitrogen and oxygen atoms in total. The van der Waals surface area contributed by atoms with Gasteiger partial charge in [-0.05, 0) is 45.2 Å². The van der Waals surface area contributed by atoms with E-state index in [-0.39, 0.29) is 0 Å². The second kappa shape index (κ2) is 6.55. The molecule has 0 aliphatic heterocycles. The molecule has 2 heteroatoms. The Balaban J connectivity index is 2.65. The summed E-state index contributed by atoms with van der Waals surface area (Å²) in [6.07, 6.45) is 2.53. The SMILES string of the molecule is CCC(CC)C(C)NC(C)c1cc(C)sc1C. The molecule has 1 heterocycles. The first-order valence-corrected chi connectivity index (χ1v) is 7.64. The van der Waals surface area contributed by atoms with E-state index in [0.717, 1.165) is 5.92 Å². The molecular weight excluding hydrogens is 226 g/mol. The van der Waals surface area contributed by atoms with Crippen molar-refractivity contribution in [2.45, 2.75) is 66.5 Å². The summed E-state index contributed by atoms with van der Waals surface area (Å²) in [5.74, 6) is 0.789. The largest absolute Gasteiger partial charge is 0.307 e. The molecule has 0 aliphatic carbocycles. The monoisotopic (exact) mass is 253 g/mol. The van der Waals surface area contributed by atoms with E-state index in [4.69, 9.17) is 0 Å². The molecular formula is C15H27NS. The molecule has 1 rings (SSSR count). The van der Waals surface area contributed by atoms with Crippen molar-refractivity contribution in [1.29, 1.82) is 0 Å². The Hall–Kier alpha value is -0.340. The number of nitrogens with one attached hydrogen (secondary N) is 1. The molecule has 0 saturated carbocycles. The van der Waals surface area contributed by atoms with Crippen LogP contribution in [0.3, 0.4) is 0 Å². The normalized spacial score (nSPS) is 15.2. The summed E-state index contributed by atoms with van der Waals surface area (Å²) in [4.78, 5) is 2.88. The van der Waals surface area contributed by atoms with E-state index in [2.05, 4.69) is 52.9 Å². The van der Waals surface area contributed by atoms with Crippen LogP contribution < -0.4 is 5.32 Å². The second-order valence-electron chi connectivity index (χ2n) is 5.12. The van der Waals surface area contributed by atoms with Crippen molar-refractivity contribution in [2.75, 3.05) is 0 Å². The van der Waals surface area contributed by atoms with Gasteiger partial charge in [-0.15, -0.1) is 11.3 Å². The lowest BCUT2D eigenvalue weighted by Gasteiger charge is -2.26. The molecule has 0 saturated heterocycles. The topological polar surface area (TPSA) is 12.0 Å². The van der Waals surface area contributed by atoms with E-state index in [9.17, 15) is 0 Å². The molecule has 0 radical (unpaired) electrons. The first kappa shape index (κ1) is 14.7. The van der Waals surface area contributed by atoms with E-state index in [1.165, 1.54) is 28.2 Å². The lowest BCUT2D eigenvalue weighted by atomic mass is 9.94. The van der Waals surface area contributed by atoms with Crippen molar-refractivity contribution in [3.05, 3.63) is 21.4 Å². The lowest BCUT2D eigenvalue weighted by Crippen LogP contribution is -2.35. The van der Waals surface area contributed by atoms with Crippen molar-refractivity contribution in [3.63, 3.8) is 0 Å². The molecule has 0 bridgehead atoms. The van der Waals surface area contributed by atoms with Gasteiger partial charge in [0.1, 0.15) is 0 Å². The first-order valence-electron chi connectivity index (χ1n) is 6.82. The van der Waals surface area contributed by atoms with Gasteiger partial charge in [0.2, 0.25) is 0 Å². The third-order valence-electron chi connectivity index (χ3n) is 3.81. The zero-order chi connectivity index (χ0) is 13.0. The van der Waals surface area contributed by atoms with E-state index < -0.39 is 0 Å². The molecule has 0 spiro atoms. The fourth-order valence-electron chi connectivity index (χ4n) is 2.70. The Labute approximate surface area is 111 Å². The molecule has 0 amide bonds. The number of thiophene rings is 1. The Morgan fingerprint density at radius 3 is 2.18 bits per heavy atom. The van der Waals surface area contributed by atoms with Gasteiger partial charge in [-0.1, -0.05) is 26.7 Å². The maximum Gasteiger partial charge on any atom is 0.0305 e. The zero-order valence-electron chi connectivity index (χ0n) is 12.1. The average molecular weight is 253 g/mol. The second-order valence-corrected chi connectivity index (χ2v) is 6.58. The van der Waals surface area contributed by atoms with Crippen molar-refractivity contribution in [3.8, 4) is 0 Å². The van der Waals surface area contributed by atoms with Crippen LogP contribution in [0.4, 0.5) is 0 Å². The zero-order valence-corrected chi connectivity index (χ0v) is 12.9. The van der Waals surface area contributed by atoms with Gasteiger partial charge in [0.25, 0.3) is 0 Å². The highest BCUT2D eigenvalue weighted by Gasteiger charge is 2.18. The van der Waals surface area contributed by atoms with Crippen LogP contribution in [0.15, 0.2) is 6.07 Å². The van der Waals surface area contributed by atoms with Gasteiger partial charge in [0.15, 0.2) is 0 Å². The summed E-state index contributed by atoms with van der Waals surface area (Å²) in [6.45, 7) is 13.6. The smallest absolute Gasteiger partial charge is 0.0305 e. The molecule has 0 fully saturated rings. The summed E-state index contributed by atoms with van der Waals surface area (Å²) in [7, 11) is 0. The summed E-state index contributed by atoms with van der Waals surface area (Å²) in [5, 5.41) is 3.76. The minimum atomic E-state index is 0.468. The Bertz CT molecular complexity index is 339. The molecule has 1 aromatic heterocycles. The van der Waals surface area contributed by atoms with E-state index in [1.54, 1.807) is 0 Å². The van der Waals surface area contributed by atoms with E-state index in [1.807, 2.05) is 11.3 Å². The van der Waals surface area contributed by atoms with Crippen LogP contribution in [0.2, 0.25) is 0 Å². The molecule has 1 N–H and O–H groups in total. The highest BCUT2D eigenvalue weighted by molar-refractivity contribution is 7.12. The van der Waals surface area contributed by atoms with Gasteiger partial charge < -0.3 is 5.32 Å². The molecule has 0 aliphatic rings. The first-order chi connectivity index (χ1) is 7.99. The predicted octanol–water partition coefficient (Wildman–Crippen LogP) is 4.84. The Kier molecular flexibility index (Phi) is 5.68. The summed E-state index contributed by atoms with van der Waals surface area (Å²) >= 11 is 1.90. The van der Waals surface area contributed by atoms with Gasteiger partial charge in [-0.3, -0.25) is 0 Å². The van der Waals surface area contributed by atoms with Crippen molar-refractivity contribution in [2.24, 2.45) is 5.92 Å². The van der Waals surface area contributed by atoms with Gasteiger partial charge >= 0.3 is 0 Å². The van der Waals surface area contributed by atoms with Gasteiger partial charge in [0, 0.05) is 21.8 Å². The maximum absolute atomic E-state index is 3.76. The molecule has 1 aromatic rings. The fraction of sp³-hybridized carbons (Fsp3) is 0.733. The van der Waals surface area contributed by atoms with Crippen LogP contribution in [0, 0.1) is 19.8 Å². The number of rotatable bonds is 6. The predicted molar refractivity (Wildman–Crippen MR) is 78.9 cm³/mol. The van der Waals surface area contributed by atoms with E-state index >= 15 is 0 Å². The minimum absolute atomic E-state index is 0.468. The number of aryl methyl sites for hydroxylation is 2. The molecule has 17 heavy (non-hydrogen) atoms. The quantitative estimate of drug-likeness (QED) is 0.765. The van der Waals surface area contributed by atoms with Crippen LogP contribution in [0.1, 0.15) is 61.9 Å². The number of hydrogen-bond acceptors (Lipinski definition) is 2. The standard InChI is InChI=1S/C15H27NS/c1-7-14(8-2)11(4)16-12(5)15-9-10(3)17-13(15)6/h9,11-12,14,16H,7-8H2,1-6H3. The maximum atomic E-state index is 3.76. The van der Waals surface area contributed by atoms with Crippen LogP contribution in [-0.2, 0) is 0 Å². The summed E-state index contributed by atoms with van der Waals surface area (Å²) < 4.78 is 0. The average Bonchev–Trinajstić information content (AvgIpc) is 2.59. The highest BCUT2D eigenvalue weighted by atomic mass is 32.1. The van der Waals surface area contributed by atoms with Crippen LogP contribution in [0.25, 0.3) is 0 Å². The van der Waals surface area contributed by atoms with Crippen LogP contribution in [0.5, 0.6) is 0 Å². The van der Waals surface area contributed by atoms with Gasteiger partial charge in [-0.2, -0.15) is 0 Å². The molecule has 2 atom stereocenters. The fourth-order valence-corrected chi connectivity index (χ4v) is 3.72. The summed E-state index contributed by atoms with van der Waals surface area (Å²) in [5.41, 5.74) is 1.48. The molecule has 2 unspecified atom stereocenters. The Morgan fingerprint density at radius 1 is 1.18 bits per heavy atom. The van der Waals surface area contributed by atoms with Gasteiger partial charge in [-0.25, -0.2) is 0 Å². The molecule has 0 aromatic carbocycles. The van der Waals surface area contributed by atoms with Crippen molar-refractivity contribution >= 4 is 11.3 Å². The van der Waals surface area contributed by atoms with Crippen LogP contribution in [-0.4, -0.2) is 6.04 Å². The third-order valence-corrected chi connectivity index (χ3v) is 4.80. The highest BCUT2D eigenvalue weighted by Crippen LogP contribution is 2.27. The molecule has 98 valence electrons. The lowest BCUT2D eigenvalue weighted by molar-refractivity contribution is 0.330. The van der Waals surface area contributed by atoms with Gasteiger partial charge in [0.05, 0.1) is 0 Å². The minimum Gasteiger partial charge on any atom is -0.307 e. The Morgan fingerprint density at radius 2 is 1.76 bits per heavy atom. The van der Waals surface area contributed by atoms with Crippen LogP contribution >= 0.6 is 11.3 Å².